The molecule has 21 heavy (non-hydrogen) atoms. The summed E-state index contributed by atoms with van der Waals surface area (Å²) in [5.41, 5.74) is -0.922. The average Bonchev–Trinajstić information content (AvgIpc) is 2.93. The molecular formula is C13H12ClF3N2O2. The maximum Gasteiger partial charge on any atom is 0.417 e. The van der Waals surface area contributed by atoms with Gasteiger partial charge < -0.3 is 14.8 Å². The second-order valence-electron chi connectivity index (χ2n) is 4.28. The van der Waals surface area contributed by atoms with Crippen molar-refractivity contribution in [3.63, 3.8) is 0 Å². The number of halogens is 4. The summed E-state index contributed by atoms with van der Waals surface area (Å²) >= 11 is 5.82. The van der Waals surface area contributed by atoms with Crippen LogP contribution in [0.3, 0.4) is 0 Å². The fourth-order valence-electron chi connectivity index (χ4n) is 1.77. The largest absolute Gasteiger partial charge is 0.467 e. The molecule has 0 saturated carbocycles. The molecule has 2 heterocycles. The fraction of sp³-hybridized carbons (Fsp3) is 0.308. The normalized spacial score (nSPS) is 13.2. The van der Waals surface area contributed by atoms with E-state index >= 15 is 0 Å². The van der Waals surface area contributed by atoms with Crippen molar-refractivity contribution in [1.29, 1.82) is 0 Å². The monoisotopic (exact) mass is 320 g/mol. The lowest BCUT2D eigenvalue weighted by Gasteiger charge is -2.17. The Morgan fingerprint density at radius 3 is 2.71 bits per heavy atom. The van der Waals surface area contributed by atoms with E-state index in [4.69, 9.17) is 21.1 Å². The first-order valence-corrected chi connectivity index (χ1v) is 6.43. The maximum atomic E-state index is 12.5. The number of nitrogens with zero attached hydrogens (tertiary/aromatic N) is 1. The van der Waals surface area contributed by atoms with Gasteiger partial charge in [0, 0.05) is 12.8 Å². The van der Waals surface area contributed by atoms with E-state index in [1.807, 2.05) is 0 Å². The third-order valence-electron chi connectivity index (χ3n) is 2.78. The Bertz CT molecular complexity index is 588. The van der Waals surface area contributed by atoms with Crippen molar-refractivity contribution < 1.29 is 22.7 Å². The number of rotatable bonds is 5. The van der Waals surface area contributed by atoms with Crippen LogP contribution in [-0.2, 0) is 6.18 Å². The highest BCUT2D eigenvalue weighted by Gasteiger charge is 2.31. The Hall–Kier alpha value is -1.73. The molecule has 1 atom stereocenters. The van der Waals surface area contributed by atoms with Gasteiger partial charge in [-0.2, -0.15) is 13.2 Å². The summed E-state index contributed by atoms with van der Waals surface area (Å²) in [7, 11) is 0. The van der Waals surface area contributed by atoms with Crippen molar-refractivity contribution in [3.8, 4) is 0 Å². The highest BCUT2D eigenvalue weighted by atomic mass is 35.5. The quantitative estimate of drug-likeness (QED) is 0.877. The van der Waals surface area contributed by atoms with Gasteiger partial charge >= 0.3 is 6.18 Å². The van der Waals surface area contributed by atoms with Gasteiger partial charge in [-0.25, -0.2) is 4.98 Å². The Morgan fingerprint density at radius 1 is 1.43 bits per heavy atom. The first-order valence-electron chi connectivity index (χ1n) is 6.05. The summed E-state index contributed by atoms with van der Waals surface area (Å²) in [6, 6.07) is 3.72. The summed E-state index contributed by atoms with van der Waals surface area (Å²) in [6.45, 7) is -0.128. The van der Waals surface area contributed by atoms with Crippen LogP contribution in [0.25, 0.3) is 0 Å². The van der Waals surface area contributed by atoms with Gasteiger partial charge in [0.25, 0.3) is 0 Å². The first kappa shape index (κ1) is 15.7. The SMILES string of the molecule is OCCC(Nc1ncc(C(F)(F)F)cc1Cl)c1ccco1. The number of hydrogen-bond acceptors (Lipinski definition) is 4. The van der Waals surface area contributed by atoms with Gasteiger partial charge in [0.1, 0.15) is 11.6 Å². The van der Waals surface area contributed by atoms with Crippen LogP contribution in [0.4, 0.5) is 19.0 Å². The molecule has 4 nitrogen and oxygen atoms in total. The van der Waals surface area contributed by atoms with Crippen LogP contribution in [0.15, 0.2) is 35.1 Å². The van der Waals surface area contributed by atoms with E-state index in [1.54, 1.807) is 12.1 Å². The Balaban J connectivity index is 2.21. The average molecular weight is 321 g/mol. The van der Waals surface area contributed by atoms with Gasteiger partial charge in [0.15, 0.2) is 0 Å². The van der Waals surface area contributed by atoms with E-state index in [9.17, 15) is 13.2 Å². The van der Waals surface area contributed by atoms with E-state index in [1.165, 1.54) is 6.26 Å². The van der Waals surface area contributed by atoms with Crippen molar-refractivity contribution in [2.24, 2.45) is 0 Å². The first-order chi connectivity index (χ1) is 9.91. The lowest BCUT2D eigenvalue weighted by molar-refractivity contribution is -0.137. The molecule has 0 aliphatic heterocycles. The molecule has 0 aliphatic carbocycles. The zero-order valence-corrected chi connectivity index (χ0v) is 11.4. The number of anilines is 1. The van der Waals surface area contributed by atoms with Gasteiger partial charge in [-0.05, 0) is 24.6 Å². The number of aliphatic hydroxyl groups excluding tert-OH is 1. The van der Waals surface area contributed by atoms with Crippen LogP contribution in [0, 0.1) is 0 Å². The zero-order chi connectivity index (χ0) is 15.5. The van der Waals surface area contributed by atoms with Crippen LogP contribution >= 0.6 is 11.6 Å². The lowest BCUT2D eigenvalue weighted by Crippen LogP contribution is -2.14. The molecule has 2 N–H and O–H groups in total. The van der Waals surface area contributed by atoms with E-state index in [0.29, 0.717) is 18.4 Å². The minimum absolute atomic E-state index is 0.0968. The Kier molecular flexibility index (Phi) is 4.74. The van der Waals surface area contributed by atoms with E-state index < -0.39 is 17.8 Å². The van der Waals surface area contributed by atoms with Gasteiger partial charge in [0.05, 0.1) is 22.9 Å². The Morgan fingerprint density at radius 2 is 2.19 bits per heavy atom. The standard InChI is InChI=1S/C13H12ClF3N2O2/c14-9-6-8(13(15,16)17)7-18-12(9)19-10(3-4-20)11-2-1-5-21-11/h1-2,5-7,10,20H,3-4H2,(H,18,19). The van der Waals surface area contributed by atoms with Crippen LogP contribution in [0.2, 0.25) is 5.02 Å². The van der Waals surface area contributed by atoms with E-state index in [0.717, 1.165) is 6.07 Å². The summed E-state index contributed by atoms with van der Waals surface area (Å²) < 4.78 is 42.8. The molecule has 0 aliphatic rings. The predicted molar refractivity (Wildman–Crippen MR) is 71.0 cm³/mol. The van der Waals surface area contributed by atoms with Gasteiger partial charge in [0.2, 0.25) is 0 Å². The minimum Gasteiger partial charge on any atom is -0.467 e. The number of aliphatic hydroxyl groups is 1. The molecule has 1 unspecified atom stereocenters. The molecule has 0 spiro atoms. The van der Waals surface area contributed by atoms with Crippen LogP contribution in [0.1, 0.15) is 23.8 Å². The van der Waals surface area contributed by atoms with Crippen LogP contribution < -0.4 is 5.32 Å². The summed E-state index contributed by atoms with van der Waals surface area (Å²) in [5.74, 6) is 0.626. The third kappa shape index (κ3) is 3.89. The fourth-order valence-corrected chi connectivity index (χ4v) is 1.99. The van der Waals surface area contributed by atoms with Crippen molar-refractivity contribution in [1.82, 2.24) is 4.98 Å². The molecule has 0 fully saturated rings. The minimum atomic E-state index is -4.50. The number of pyridine rings is 1. The molecule has 2 aromatic heterocycles. The zero-order valence-electron chi connectivity index (χ0n) is 10.7. The number of furan rings is 1. The third-order valence-corrected chi connectivity index (χ3v) is 3.07. The molecule has 2 rings (SSSR count). The van der Waals surface area contributed by atoms with Crippen molar-refractivity contribution in [2.45, 2.75) is 18.6 Å². The second-order valence-corrected chi connectivity index (χ2v) is 4.68. The van der Waals surface area contributed by atoms with Crippen LogP contribution in [-0.4, -0.2) is 16.7 Å². The van der Waals surface area contributed by atoms with Crippen LogP contribution in [0.5, 0.6) is 0 Å². The predicted octanol–water partition coefficient (Wildman–Crippen LogP) is 3.88. The summed E-state index contributed by atoms with van der Waals surface area (Å²) in [5, 5.41) is 11.8. The molecule has 0 amide bonds. The summed E-state index contributed by atoms with van der Waals surface area (Å²) in [6.07, 6.45) is -2.04. The molecule has 0 radical (unpaired) electrons. The van der Waals surface area contributed by atoms with Gasteiger partial charge in [-0.3, -0.25) is 0 Å². The van der Waals surface area contributed by atoms with Crippen molar-refractivity contribution in [2.75, 3.05) is 11.9 Å². The maximum absolute atomic E-state index is 12.5. The number of alkyl halides is 3. The molecule has 2 aromatic rings. The van der Waals surface area contributed by atoms with E-state index in [2.05, 4.69) is 10.3 Å². The molecular weight excluding hydrogens is 309 g/mol. The highest BCUT2D eigenvalue weighted by Crippen LogP contribution is 2.33. The Labute approximate surface area is 123 Å². The molecule has 0 bridgehead atoms. The highest BCUT2D eigenvalue weighted by molar-refractivity contribution is 6.33. The van der Waals surface area contributed by atoms with Crippen molar-refractivity contribution >= 4 is 17.4 Å². The molecule has 0 saturated heterocycles. The molecule has 0 aromatic carbocycles. The van der Waals surface area contributed by atoms with E-state index in [-0.39, 0.29) is 17.4 Å². The smallest absolute Gasteiger partial charge is 0.417 e. The number of aromatic nitrogens is 1. The summed E-state index contributed by atoms with van der Waals surface area (Å²) in [4.78, 5) is 3.69. The molecule has 114 valence electrons. The number of nitrogens with one attached hydrogen (secondary N) is 1. The lowest BCUT2D eigenvalue weighted by atomic mass is 10.1. The van der Waals surface area contributed by atoms with Gasteiger partial charge in [-0.1, -0.05) is 11.6 Å². The number of hydrogen-bond donors (Lipinski definition) is 2. The van der Waals surface area contributed by atoms with Crippen molar-refractivity contribution in [3.05, 3.63) is 47.0 Å². The second kappa shape index (κ2) is 6.36. The van der Waals surface area contributed by atoms with Gasteiger partial charge in [-0.15, -0.1) is 0 Å². The topological polar surface area (TPSA) is 58.3 Å². The molecule has 8 heteroatoms.